The Hall–Kier alpha value is -2.30. The van der Waals surface area contributed by atoms with E-state index < -0.39 is 0 Å². The molecule has 19 heavy (non-hydrogen) atoms. The molecule has 1 aromatic carbocycles. The summed E-state index contributed by atoms with van der Waals surface area (Å²) in [7, 11) is 1.56. The summed E-state index contributed by atoms with van der Waals surface area (Å²) in [5.41, 5.74) is 1.40. The zero-order chi connectivity index (χ0) is 13.8. The van der Waals surface area contributed by atoms with Gasteiger partial charge in [-0.2, -0.15) is 0 Å². The number of hydrogen-bond donors (Lipinski definition) is 2. The van der Waals surface area contributed by atoms with E-state index in [0.717, 1.165) is 10.9 Å². The highest BCUT2D eigenvalue weighted by molar-refractivity contribution is 6.06. The Kier molecular flexibility index (Phi) is 3.85. The first-order chi connectivity index (χ1) is 9.17. The van der Waals surface area contributed by atoms with Gasteiger partial charge in [-0.15, -0.1) is 0 Å². The number of carbonyl (C=O) groups excluding carboxylic acids is 2. The summed E-state index contributed by atoms with van der Waals surface area (Å²) in [6.45, 7) is 2.42. The zero-order valence-electron chi connectivity index (χ0n) is 11.1. The number of nitrogens with zero attached hydrogens (tertiary/aromatic N) is 1. The van der Waals surface area contributed by atoms with Crippen LogP contribution in [-0.2, 0) is 4.79 Å². The number of fused-ring (bicyclic) bond motifs is 1. The van der Waals surface area contributed by atoms with Gasteiger partial charge in [-0.3, -0.25) is 9.59 Å². The molecule has 100 valence electrons. The van der Waals surface area contributed by atoms with Crippen LogP contribution < -0.4 is 5.32 Å². The van der Waals surface area contributed by atoms with Crippen LogP contribution in [0.1, 0.15) is 17.3 Å². The van der Waals surface area contributed by atoms with E-state index >= 15 is 0 Å². The molecule has 0 atom stereocenters. The molecule has 0 aliphatic heterocycles. The van der Waals surface area contributed by atoms with E-state index in [1.165, 1.54) is 4.90 Å². The number of benzene rings is 1. The molecule has 0 bridgehead atoms. The van der Waals surface area contributed by atoms with Crippen LogP contribution in [-0.4, -0.2) is 41.8 Å². The molecule has 0 radical (unpaired) electrons. The Morgan fingerprint density at radius 2 is 2.11 bits per heavy atom. The second-order valence-corrected chi connectivity index (χ2v) is 4.24. The lowest BCUT2D eigenvalue weighted by Gasteiger charge is -2.20. The Balaban J connectivity index is 2.31. The highest BCUT2D eigenvalue weighted by atomic mass is 16.2. The van der Waals surface area contributed by atoms with Gasteiger partial charge in [0.15, 0.2) is 0 Å². The number of amides is 2. The van der Waals surface area contributed by atoms with Gasteiger partial charge in [0, 0.05) is 25.2 Å². The van der Waals surface area contributed by atoms with Crippen LogP contribution in [0.15, 0.2) is 30.5 Å². The van der Waals surface area contributed by atoms with Crippen LogP contribution in [0, 0.1) is 0 Å². The normalized spacial score (nSPS) is 10.4. The molecule has 0 saturated carbocycles. The molecule has 0 unspecified atom stereocenters. The van der Waals surface area contributed by atoms with Gasteiger partial charge in [-0.1, -0.05) is 12.1 Å². The van der Waals surface area contributed by atoms with E-state index in [9.17, 15) is 9.59 Å². The van der Waals surface area contributed by atoms with Gasteiger partial charge in [0.2, 0.25) is 5.91 Å². The van der Waals surface area contributed by atoms with Crippen molar-refractivity contribution in [3.05, 3.63) is 36.0 Å². The maximum absolute atomic E-state index is 12.5. The number of para-hydroxylation sites is 1. The molecule has 2 rings (SSSR count). The average molecular weight is 259 g/mol. The van der Waals surface area contributed by atoms with Crippen molar-refractivity contribution >= 4 is 22.7 Å². The molecule has 1 aromatic heterocycles. The first-order valence-electron chi connectivity index (χ1n) is 6.23. The highest BCUT2D eigenvalue weighted by Gasteiger charge is 2.19. The van der Waals surface area contributed by atoms with Gasteiger partial charge < -0.3 is 15.2 Å². The van der Waals surface area contributed by atoms with Crippen molar-refractivity contribution in [1.82, 2.24) is 15.2 Å². The van der Waals surface area contributed by atoms with Crippen LogP contribution >= 0.6 is 0 Å². The van der Waals surface area contributed by atoms with Crippen molar-refractivity contribution in [2.45, 2.75) is 6.92 Å². The molecular formula is C14H17N3O2. The molecule has 0 saturated heterocycles. The van der Waals surface area contributed by atoms with Gasteiger partial charge in [0.05, 0.1) is 17.6 Å². The number of aromatic nitrogens is 1. The molecule has 2 aromatic rings. The second kappa shape index (κ2) is 5.56. The minimum absolute atomic E-state index is 0.0724. The van der Waals surface area contributed by atoms with Gasteiger partial charge in [0.25, 0.3) is 5.91 Å². The van der Waals surface area contributed by atoms with Gasteiger partial charge in [-0.25, -0.2) is 0 Å². The van der Waals surface area contributed by atoms with E-state index in [1.807, 2.05) is 25.1 Å². The van der Waals surface area contributed by atoms with Crippen molar-refractivity contribution in [3.63, 3.8) is 0 Å². The molecule has 1 heterocycles. The quantitative estimate of drug-likeness (QED) is 0.871. The van der Waals surface area contributed by atoms with Crippen LogP contribution in [0.5, 0.6) is 0 Å². The highest BCUT2D eigenvalue weighted by Crippen LogP contribution is 2.18. The van der Waals surface area contributed by atoms with Crippen LogP contribution in [0.2, 0.25) is 0 Å². The molecule has 2 amide bonds. The van der Waals surface area contributed by atoms with Crippen molar-refractivity contribution < 1.29 is 9.59 Å². The van der Waals surface area contributed by atoms with E-state index in [1.54, 1.807) is 19.3 Å². The van der Waals surface area contributed by atoms with E-state index in [2.05, 4.69) is 10.3 Å². The predicted octanol–water partition coefficient (Wildman–Crippen LogP) is 1.38. The molecule has 0 fully saturated rings. The third-order valence-corrected chi connectivity index (χ3v) is 3.10. The SMILES string of the molecule is CCN(CC(=O)NC)C(=O)c1cccc2cc[nH]c12. The zero-order valence-corrected chi connectivity index (χ0v) is 11.1. The molecule has 0 spiro atoms. The molecule has 2 N–H and O–H groups in total. The summed E-state index contributed by atoms with van der Waals surface area (Å²) in [5, 5.41) is 3.52. The third kappa shape index (κ3) is 2.59. The first-order valence-corrected chi connectivity index (χ1v) is 6.23. The molecule has 5 heteroatoms. The fourth-order valence-electron chi connectivity index (χ4n) is 2.01. The Bertz CT molecular complexity index is 604. The maximum atomic E-state index is 12.5. The van der Waals surface area contributed by atoms with Crippen LogP contribution in [0.3, 0.4) is 0 Å². The number of aromatic amines is 1. The minimum atomic E-state index is -0.172. The lowest BCUT2D eigenvalue weighted by atomic mass is 10.1. The maximum Gasteiger partial charge on any atom is 0.256 e. The molecule has 0 aliphatic rings. The van der Waals surface area contributed by atoms with E-state index in [-0.39, 0.29) is 18.4 Å². The molecule has 0 aliphatic carbocycles. The summed E-state index contributed by atoms with van der Waals surface area (Å²) in [6, 6.07) is 7.48. The fourth-order valence-corrected chi connectivity index (χ4v) is 2.01. The summed E-state index contributed by atoms with van der Waals surface area (Å²) in [5.74, 6) is -0.312. The Morgan fingerprint density at radius 1 is 1.32 bits per heavy atom. The van der Waals surface area contributed by atoms with Gasteiger partial charge >= 0.3 is 0 Å². The average Bonchev–Trinajstić information content (AvgIpc) is 2.91. The lowest BCUT2D eigenvalue weighted by molar-refractivity contribution is -0.121. The van der Waals surface area contributed by atoms with Gasteiger partial charge in [-0.05, 0) is 19.1 Å². The number of carbonyl (C=O) groups is 2. The van der Waals surface area contributed by atoms with Crippen LogP contribution in [0.25, 0.3) is 10.9 Å². The van der Waals surface area contributed by atoms with Gasteiger partial charge in [0.1, 0.15) is 0 Å². The van der Waals surface area contributed by atoms with Crippen molar-refractivity contribution in [2.75, 3.05) is 20.1 Å². The van der Waals surface area contributed by atoms with Crippen LogP contribution in [0.4, 0.5) is 0 Å². The second-order valence-electron chi connectivity index (χ2n) is 4.24. The fraction of sp³-hybridized carbons (Fsp3) is 0.286. The minimum Gasteiger partial charge on any atom is -0.361 e. The van der Waals surface area contributed by atoms with E-state index in [0.29, 0.717) is 12.1 Å². The summed E-state index contributed by atoms with van der Waals surface area (Å²) in [6.07, 6.45) is 1.80. The third-order valence-electron chi connectivity index (χ3n) is 3.10. The number of likely N-dealkylation sites (N-methyl/N-ethyl adjacent to an activating group) is 2. The Labute approximate surface area is 111 Å². The van der Waals surface area contributed by atoms with Crippen molar-refractivity contribution in [3.8, 4) is 0 Å². The number of nitrogens with one attached hydrogen (secondary N) is 2. The number of H-pyrrole nitrogens is 1. The smallest absolute Gasteiger partial charge is 0.256 e. The van der Waals surface area contributed by atoms with Crippen molar-refractivity contribution in [2.24, 2.45) is 0 Å². The molecular weight excluding hydrogens is 242 g/mol. The number of rotatable bonds is 4. The largest absolute Gasteiger partial charge is 0.361 e. The topological polar surface area (TPSA) is 65.2 Å². The number of hydrogen-bond acceptors (Lipinski definition) is 2. The summed E-state index contributed by atoms with van der Waals surface area (Å²) < 4.78 is 0. The molecule has 5 nitrogen and oxygen atoms in total. The summed E-state index contributed by atoms with van der Waals surface area (Å²) in [4.78, 5) is 28.5. The summed E-state index contributed by atoms with van der Waals surface area (Å²) >= 11 is 0. The van der Waals surface area contributed by atoms with Crippen molar-refractivity contribution in [1.29, 1.82) is 0 Å². The lowest BCUT2D eigenvalue weighted by Crippen LogP contribution is -2.39. The Morgan fingerprint density at radius 3 is 2.79 bits per heavy atom. The monoisotopic (exact) mass is 259 g/mol. The first kappa shape index (κ1) is 13.1. The van der Waals surface area contributed by atoms with E-state index in [4.69, 9.17) is 0 Å². The predicted molar refractivity (Wildman–Crippen MR) is 73.9 cm³/mol. The standard InChI is InChI=1S/C14H17N3O2/c1-3-17(9-12(18)15-2)14(19)11-6-4-5-10-7-8-16-13(10)11/h4-8,16H,3,9H2,1-2H3,(H,15,18).